The third-order valence-corrected chi connectivity index (χ3v) is 6.45. The van der Waals surface area contributed by atoms with E-state index in [0.29, 0.717) is 5.75 Å². The summed E-state index contributed by atoms with van der Waals surface area (Å²) in [6, 6.07) is 7.38. The number of carbonyl (C=O) groups is 1. The van der Waals surface area contributed by atoms with Crippen molar-refractivity contribution in [2.24, 2.45) is 0 Å². The molecule has 0 aliphatic carbocycles. The van der Waals surface area contributed by atoms with Crippen LogP contribution in [0.3, 0.4) is 0 Å². The number of esters is 1. The van der Waals surface area contributed by atoms with Gasteiger partial charge in [0.25, 0.3) is 10.0 Å². The fourth-order valence-corrected chi connectivity index (χ4v) is 4.47. The number of sulfonamides is 1. The third-order valence-electron chi connectivity index (χ3n) is 3.50. The number of rotatable bonds is 6. The Hall–Kier alpha value is -2.30. The van der Waals surface area contributed by atoms with E-state index in [4.69, 9.17) is 16.3 Å². The van der Waals surface area contributed by atoms with Crippen LogP contribution in [0.4, 0.5) is 5.69 Å². The number of ether oxygens (including phenoxy) is 2. The Balaban J connectivity index is 2.56. The second kappa shape index (κ2) is 7.75. The van der Waals surface area contributed by atoms with Gasteiger partial charge in [0.2, 0.25) is 0 Å². The lowest BCUT2D eigenvalue weighted by Crippen LogP contribution is -2.17. The molecule has 0 unspecified atom stereocenters. The minimum atomic E-state index is -4.31. The topological polar surface area (TPSA) is 116 Å². The van der Waals surface area contributed by atoms with Gasteiger partial charge in [0, 0.05) is 6.26 Å². The van der Waals surface area contributed by atoms with Crippen LogP contribution in [0.2, 0.25) is 5.02 Å². The normalized spacial score (nSPS) is 11.7. The largest absolute Gasteiger partial charge is 0.497 e. The SMILES string of the molecule is COC(=O)c1cc(OC)ccc1NS(=O)(=O)c1cc(S(C)(=O)=O)ccc1Cl. The van der Waals surface area contributed by atoms with Crippen molar-refractivity contribution in [3.8, 4) is 5.75 Å². The Bertz CT molecular complexity index is 1100. The molecule has 2 aromatic rings. The van der Waals surface area contributed by atoms with Gasteiger partial charge < -0.3 is 9.47 Å². The van der Waals surface area contributed by atoms with E-state index >= 15 is 0 Å². The Labute approximate surface area is 162 Å². The summed E-state index contributed by atoms with van der Waals surface area (Å²) in [6.07, 6.45) is 0.943. The molecule has 0 aliphatic heterocycles. The third kappa shape index (κ3) is 4.71. The molecule has 0 radical (unpaired) electrons. The first-order valence-corrected chi connectivity index (χ1v) is 11.0. The van der Waals surface area contributed by atoms with Gasteiger partial charge in [-0.1, -0.05) is 11.6 Å². The van der Waals surface area contributed by atoms with Crippen LogP contribution in [-0.4, -0.2) is 43.3 Å². The van der Waals surface area contributed by atoms with Crippen molar-refractivity contribution in [1.82, 2.24) is 0 Å². The van der Waals surface area contributed by atoms with E-state index in [2.05, 4.69) is 9.46 Å². The van der Waals surface area contributed by atoms with Gasteiger partial charge in [-0.2, -0.15) is 0 Å². The summed E-state index contributed by atoms with van der Waals surface area (Å²) in [5.74, 6) is -0.474. The van der Waals surface area contributed by atoms with Gasteiger partial charge in [0.15, 0.2) is 9.84 Å². The molecule has 11 heteroatoms. The first-order chi connectivity index (χ1) is 12.5. The number of hydrogen-bond donors (Lipinski definition) is 1. The van der Waals surface area contributed by atoms with E-state index in [9.17, 15) is 21.6 Å². The van der Waals surface area contributed by atoms with Crippen molar-refractivity contribution in [1.29, 1.82) is 0 Å². The summed E-state index contributed by atoms with van der Waals surface area (Å²) < 4.78 is 60.8. The van der Waals surface area contributed by atoms with E-state index in [1.165, 1.54) is 37.4 Å². The zero-order valence-corrected chi connectivity index (χ0v) is 16.9. The minimum absolute atomic E-state index is 0.0801. The summed E-state index contributed by atoms with van der Waals surface area (Å²) in [4.78, 5) is 11.3. The molecule has 0 fully saturated rings. The molecule has 27 heavy (non-hydrogen) atoms. The number of sulfone groups is 1. The Morgan fingerprint density at radius 3 is 2.26 bits per heavy atom. The molecule has 0 heterocycles. The Morgan fingerprint density at radius 2 is 1.70 bits per heavy atom. The highest BCUT2D eigenvalue weighted by Gasteiger charge is 2.24. The molecule has 2 aromatic carbocycles. The molecular weight excluding hydrogens is 418 g/mol. The lowest BCUT2D eigenvalue weighted by atomic mass is 10.2. The number of hydrogen-bond acceptors (Lipinski definition) is 7. The average molecular weight is 434 g/mol. The van der Waals surface area contributed by atoms with Gasteiger partial charge in [0.1, 0.15) is 10.6 Å². The van der Waals surface area contributed by atoms with Crippen LogP contribution in [0, 0.1) is 0 Å². The maximum Gasteiger partial charge on any atom is 0.340 e. The van der Waals surface area contributed by atoms with Crippen molar-refractivity contribution < 1.29 is 31.1 Å². The smallest absolute Gasteiger partial charge is 0.340 e. The van der Waals surface area contributed by atoms with Gasteiger partial charge in [0.05, 0.1) is 35.4 Å². The maximum atomic E-state index is 12.7. The lowest BCUT2D eigenvalue weighted by Gasteiger charge is -2.14. The average Bonchev–Trinajstić information content (AvgIpc) is 2.60. The van der Waals surface area contributed by atoms with Crippen LogP contribution in [-0.2, 0) is 24.6 Å². The maximum absolute atomic E-state index is 12.7. The number of benzene rings is 2. The lowest BCUT2D eigenvalue weighted by molar-refractivity contribution is 0.0601. The van der Waals surface area contributed by atoms with E-state index in [1.54, 1.807) is 0 Å². The Kier molecular flexibility index (Phi) is 6.03. The van der Waals surface area contributed by atoms with Gasteiger partial charge >= 0.3 is 5.97 Å². The summed E-state index contributed by atoms with van der Waals surface area (Å²) in [6.45, 7) is 0. The minimum Gasteiger partial charge on any atom is -0.497 e. The van der Waals surface area contributed by atoms with Gasteiger partial charge in [-0.3, -0.25) is 4.72 Å². The second-order valence-corrected chi connectivity index (χ2v) is 9.45. The molecule has 146 valence electrons. The standard InChI is InChI=1S/C16H16ClNO7S2/c1-24-10-4-7-14(12(8-10)16(19)25-2)18-27(22,23)15-9-11(26(3,20)21)5-6-13(15)17/h4-9,18H,1-3H3. The molecule has 2 rings (SSSR count). The van der Waals surface area contributed by atoms with E-state index in [0.717, 1.165) is 19.4 Å². The highest BCUT2D eigenvalue weighted by atomic mass is 35.5. The van der Waals surface area contributed by atoms with Crippen LogP contribution >= 0.6 is 11.6 Å². The predicted octanol–water partition coefficient (Wildman–Crippen LogP) is 2.34. The quantitative estimate of drug-likeness (QED) is 0.695. The zero-order chi connectivity index (χ0) is 20.4. The van der Waals surface area contributed by atoms with Crippen molar-refractivity contribution in [2.75, 3.05) is 25.2 Å². The van der Waals surface area contributed by atoms with Crippen molar-refractivity contribution >= 4 is 43.1 Å². The number of nitrogens with one attached hydrogen (secondary N) is 1. The molecule has 0 aromatic heterocycles. The van der Waals surface area contributed by atoms with Crippen LogP contribution < -0.4 is 9.46 Å². The fraction of sp³-hybridized carbons (Fsp3) is 0.188. The molecule has 8 nitrogen and oxygen atoms in total. The zero-order valence-electron chi connectivity index (χ0n) is 14.5. The summed E-state index contributed by atoms with van der Waals surface area (Å²) in [7, 11) is -5.43. The molecule has 1 N–H and O–H groups in total. The van der Waals surface area contributed by atoms with E-state index in [1.807, 2.05) is 0 Å². The molecule has 0 aliphatic rings. The van der Waals surface area contributed by atoms with Gasteiger partial charge in [-0.25, -0.2) is 21.6 Å². The van der Waals surface area contributed by atoms with Crippen LogP contribution in [0.25, 0.3) is 0 Å². The van der Waals surface area contributed by atoms with Crippen molar-refractivity contribution in [3.63, 3.8) is 0 Å². The molecule has 0 atom stereocenters. The number of methoxy groups -OCH3 is 2. The number of anilines is 1. The predicted molar refractivity (Wildman–Crippen MR) is 99.7 cm³/mol. The monoisotopic (exact) mass is 433 g/mol. The van der Waals surface area contributed by atoms with Crippen molar-refractivity contribution in [3.05, 3.63) is 47.0 Å². The van der Waals surface area contributed by atoms with Crippen molar-refractivity contribution in [2.45, 2.75) is 9.79 Å². The summed E-state index contributed by atoms with van der Waals surface area (Å²) in [5, 5.41) is -0.178. The van der Waals surface area contributed by atoms with Gasteiger partial charge in [-0.15, -0.1) is 0 Å². The Morgan fingerprint density at radius 1 is 1.04 bits per heavy atom. The molecule has 0 amide bonds. The molecule has 0 bridgehead atoms. The molecule has 0 saturated carbocycles. The molecular formula is C16H16ClNO7S2. The van der Waals surface area contributed by atoms with Crippen LogP contribution in [0.5, 0.6) is 5.75 Å². The van der Waals surface area contributed by atoms with Gasteiger partial charge in [-0.05, 0) is 36.4 Å². The van der Waals surface area contributed by atoms with E-state index in [-0.39, 0.29) is 21.2 Å². The number of halogens is 1. The summed E-state index contributed by atoms with van der Waals surface area (Å²) in [5.41, 5.74) is -0.167. The summed E-state index contributed by atoms with van der Waals surface area (Å²) >= 11 is 5.95. The van der Waals surface area contributed by atoms with Crippen LogP contribution in [0.15, 0.2) is 46.2 Å². The molecule has 0 spiro atoms. The first-order valence-electron chi connectivity index (χ1n) is 7.28. The first kappa shape index (κ1) is 21.0. The highest BCUT2D eigenvalue weighted by molar-refractivity contribution is 7.93. The second-order valence-electron chi connectivity index (χ2n) is 5.37. The van der Waals surface area contributed by atoms with E-state index < -0.39 is 30.7 Å². The molecule has 0 saturated heterocycles. The fourth-order valence-electron chi connectivity index (χ4n) is 2.14. The van der Waals surface area contributed by atoms with Crippen LogP contribution in [0.1, 0.15) is 10.4 Å². The highest BCUT2D eigenvalue weighted by Crippen LogP contribution is 2.29. The number of carbonyl (C=O) groups excluding carboxylic acids is 1.